The summed E-state index contributed by atoms with van der Waals surface area (Å²) in [5.41, 5.74) is 2.96. The van der Waals surface area contributed by atoms with Crippen molar-refractivity contribution in [2.24, 2.45) is 0 Å². The summed E-state index contributed by atoms with van der Waals surface area (Å²) in [5, 5.41) is 3.73. The third-order valence-corrected chi connectivity index (χ3v) is 4.35. The van der Waals surface area contributed by atoms with Crippen LogP contribution in [0.15, 0.2) is 29.1 Å². The standard InChI is InChI=1S/C18H23N3O2/c1-12-5-6-17-16(8-12)18(23)9-15(20-17)11-21-7-3-4-14(10-21)19-13(2)22/h5-6,8-9,14H,3-4,7,10-11H2,1-2H3,(H,19,22)(H,20,23)/t14-/m0/s1. The maximum atomic E-state index is 12.3. The zero-order valence-corrected chi connectivity index (χ0v) is 13.7. The predicted octanol–water partition coefficient (Wildman–Crippen LogP) is 1.94. The third kappa shape index (κ3) is 3.79. The van der Waals surface area contributed by atoms with Crippen molar-refractivity contribution in [3.05, 3.63) is 45.7 Å². The number of carbonyl (C=O) groups is 1. The number of carbonyl (C=O) groups excluding carboxylic acids is 1. The Bertz CT molecular complexity index is 781. The van der Waals surface area contributed by atoms with Crippen LogP contribution in [-0.4, -0.2) is 34.9 Å². The van der Waals surface area contributed by atoms with Crippen LogP contribution in [0.1, 0.15) is 31.0 Å². The van der Waals surface area contributed by atoms with Gasteiger partial charge in [-0.3, -0.25) is 14.5 Å². The fourth-order valence-corrected chi connectivity index (χ4v) is 3.35. The average Bonchev–Trinajstić information content (AvgIpc) is 2.48. The maximum Gasteiger partial charge on any atom is 0.217 e. The van der Waals surface area contributed by atoms with E-state index >= 15 is 0 Å². The van der Waals surface area contributed by atoms with Crippen molar-refractivity contribution in [3.63, 3.8) is 0 Å². The molecule has 0 spiro atoms. The summed E-state index contributed by atoms with van der Waals surface area (Å²) in [5.74, 6) is 0.0198. The van der Waals surface area contributed by atoms with E-state index in [1.54, 1.807) is 13.0 Å². The topological polar surface area (TPSA) is 65.2 Å². The number of nitrogens with zero attached hydrogens (tertiary/aromatic N) is 1. The molecular weight excluding hydrogens is 290 g/mol. The summed E-state index contributed by atoms with van der Waals surface area (Å²) >= 11 is 0. The predicted molar refractivity (Wildman–Crippen MR) is 91.4 cm³/mol. The highest BCUT2D eigenvalue weighted by Gasteiger charge is 2.20. The lowest BCUT2D eigenvalue weighted by atomic mass is 10.1. The molecular formula is C18H23N3O2. The molecule has 0 aliphatic carbocycles. The van der Waals surface area contributed by atoms with Gasteiger partial charge < -0.3 is 10.3 Å². The first-order valence-electron chi connectivity index (χ1n) is 8.13. The number of aryl methyl sites for hydroxylation is 1. The summed E-state index contributed by atoms with van der Waals surface area (Å²) < 4.78 is 0. The number of piperidine rings is 1. The first-order chi connectivity index (χ1) is 11.0. The monoisotopic (exact) mass is 313 g/mol. The van der Waals surface area contributed by atoms with E-state index in [0.29, 0.717) is 6.54 Å². The second-order valence-corrected chi connectivity index (χ2v) is 6.48. The van der Waals surface area contributed by atoms with Crippen molar-refractivity contribution < 1.29 is 4.79 Å². The molecule has 2 aromatic rings. The van der Waals surface area contributed by atoms with Crippen molar-refractivity contribution in [1.82, 2.24) is 15.2 Å². The van der Waals surface area contributed by atoms with Crippen LogP contribution in [0.4, 0.5) is 0 Å². The molecule has 3 rings (SSSR count). The Morgan fingerprint density at radius 3 is 3.00 bits per heavy atom. The number of pyridine rings is 1. The first-order valence-corrected chi connectivity index (χ1v) is 8.13. The van der Waals surface area contributed by atoms with Crippen LogP contribution in [0.5, 0.6) is 0 Å². The number of hydrogen-bond donors (Lipinski definition) is 2. The summed E-state index contributed by atoms with van der Waals surface area (Å²) in [6.45, 7) is 6.07. The number of aromatic amines is 1. The van der Waals surface area contributed by atoms with Gasteiger partial charge in [0.25, 0.3) is 0 Å². The number of hydrogen-bond acceptors (Lipinski definition) is 3. The van der Waals surface area contributed by atoms with Crippen LogP contribution in [0.2, 0.25) is 0 Å². The minimum Gasteiger partial charge on any atom is -0.357 e. The Kier molecular flexibility index (Phi) is 4.48. The minimum absolute atomic E-state index is 0.0198. The molecule has 1 amide bonds. The number of fused-ring (bicyclic) bond motifs is 1. The third-order valence-electron chi connectivity index (χ3n) is 4.35. The normalized spacial score (nSPS) is 19.0. The molecule has 1 saturated heterocycles. The lowest BCUT2D eigenvalue weighted by Gasteiger charge is -2.32. The van der Waals surface area contributed by atoms with Gasteiger partial charge in [0.05, 0.1) is 0 Å². The Labute approximate surface area is 135 Å². The number of benzene rings is 1. The van der Waals surface area contributed by atoms with Crippen molar-refractivity contribution in [1.29, 1.82) is 0 Å². The van der Waals surface area contributed by atoms with Gasteiger partial charge in [-0.05, 0) is 38.4 Å². The van der Waals surface area contributed by atoms with Gasteiger partial charge in [-0.15, -0.1) is 0 Å². The summed E-state index contributed by atoms with van der Waals surface area (Å²) in [6, 6.07) is 7.80. The van der Waals surface area contributed by atoms with Crippen molar-refractivity contribution >= 4 is 16.8 Å². The molecule has 1 aromatic carbocycles. The number of H-pyrrole nitrogens is 1. The van der Waals surface area contributed by atoms with Crippen molar-refractivity contribution in [3.8, 4) is 0 Å². The molecule has 1 aromatic heterocycles. The van der Waals surface area contributed by atoms with Crippen molar-refractivity contribution in [2.45, 2.75) is 39.3 Å². The van der Waals surface area contributed by atoms with Crippen LogP contribution in [-0.2, 0) is 11.3 Å². The number of amides is 1. The first kappa shape index (κ1) is 15.7. The highest BCUT2D eigenvalue weighted by molar-refractivity contribution is 5.79. The van der Waals surface area contributed by atoms with Gasteiger partial charge in [-0.2, -0.15) is 0 Å². The Morgan fingerprint density at radius 2 is 2.22 bits per heavy atom. The zero-order chi connectivity index (χ0) is 16.4. The summed E-state index contributed by atoms with van der Waals surface area (Å²) in [4.78, 5) is 29.2. The summed E-state index contributed by atoms with van der Waals surface area (Å²) in [6.07, 6.45) is 2.07. The van der Waals surface area contributed by atoms with Crippen LogP contribution in [0.25, 0.3) is 10.9 Å². The molecule has 0 saturated carbocycles. The van der Waals surface area contributed by atoms with Gasteiger partial charge in [-0.25, -0.2) is 0 Å². The van der Waals surface area contributed by atoms with Crippen molar-refractivity contribution in [2.75, 3.05) is 13.1 Å². The quantitative estimate of drug-likeness (QED) is 0.910. The zero-order valence-electron chi connectivity index (χ0n) is 13.7. The fraction of sp³-hybridized carbons (Fsp3) is 0.444. The van der Waals surface area contributed by atoms with Gasteiger partial charge >= 0.3 is 0 Å². The van der Waals surface area contributed by atoms with E-state index in [4.69, 9.17) is 0 Å². The Balaban J connectivity index is 1.77. The van der Waals surface area contributed by atoms with E-state index in [1.807, 2.05) is 25.1 Å². The van der Waals surface area contributed by atoms with E-state index in [-0.39, 0.29) is 17.4 Å². The molecule has 5 heteroatoms. The minimum atomic E-state index is 0.0198. The van der Waals surface area contributed by atoms with Crippen LogP contribution in [0.3, 0.4) is 0 Å². The fourth-order valence-electron chi connectivity index (χ4n) is 3.35. The molecule has 1 aliphatic rings. The summed E-state index contributed by atoms with van der Waals surface area (Å²) in [7, 11) is 0. The number of rotatable bonds is 3. The highest BCUT2D eigenvalue weighted by atomic mass is 16.1. The second-order valence-electron chi connectivity index (χ2n) is 6.48. The van der Waals surface area contributed by atoms with Gasteiger partial charge in [0.1, 0.15) is 0 Å². The Morgan fingerprint density at radius 1 is 1.39 bits per heavy atom. The number of likely N-dealkylation sites (tertiary alicyclic amines) is 1. The molecule has 5 nitrogen and oxygen atoms in total. The van der Waals surface area contributed by atoms with E-state index in [1.165, 1.54) is 0 Å². The van der Waals surface area contributed by atoms with Crippen LogP contribution >= 0.6 is 0 Å². The molecule has 23 heavy (non-hydrogen) atoms. The van der Waals surface area contributed by atoms with Gasteiger partial charge in [0, 0.05) is 48.7 Å². The molecule has 1 fully saturated rings. The van der Waals surface area contributed by atoms with E-state index < -0.39 is 0 Å². The Hall–Kier alpha value is -2.14. The van der Waals surface area contributed by atoms with E-state index in [0.717, 1.165) is 48.1 Å². The number of aromatic nitrogens is 1. The van der Waals surface area contributed by atoms with E-state index in [9.17, 15) is 9.59 Å². The molecule has 0 radical (unpaired) electrons. The lowest BCUT2D eigenvalue weighted by molar-refractivity contribution is -0.120. The smallest absolute Gasteiger partial charge is 0.217 e. The maximum absolute atomic E-state index is 12.3. The molecule has 122 valence electrons. The molecule has 1 atom stereocenters. The molecule has 1 aliphatic heterocycles. The van der Waals surface area contributed by atoms with E-state index in [2.05, 4.69) is 15.2 Å². The van der Waals surface area contributed by atoms with Gasteiger partial charge in [0.2, 0.25) is 5.91 Å². The van der Waals surface area contributed by atoms with Crippen LogP contribution in [0, 0.1) is 6.92 Å². The second kappa shape index (κ2) is 6.54. The number of nitrogens with one attached hydrogen (secondary N) is 2. The lowest BCUT2D eigenvalue weighted by Crippen LogP contribution is -2.46. The van der Waals surface area contributed by atoms with Gasteiger partial charge in [-0.1, -0.05) is 11.6 Å². The van der Waals surface area contributed by atoms with Crippen LogP contribution < -0.4 is 10.7 Å². The molecule has 2 N–H and O–H groups in total. The largest absolute Gasteiger partial charge is 0.357 e. The molecule has 0 unspecified atom stereocenters. The SMILES string of the molecule is CC(=O)N[C@H]1CCCN(Cc2cc(=O)c3cc(C)ccc3[nH]2)C1. The average molecular weight is 313 g/mol. The molecule has 2 heterocycles. The highest BCUT2D eigenvalue weighted by Crippen LogP contribution is 2.15. The molecule has 0 bridgehead atoms. The van der Waals surface area contributed by atoms with Gasteiger partial charge in [0.15, 0.2) is 5.43 Å².